The minimum atomic E-state index is 0.746. The standard InChI is InChI=1S/C14H25N5/c1-12-8-13(2)10-19(9-12)14(15-3)17-5-7-18-6-4-16-11-18/h4,6,11-13H,5,7-10H2,1-3H3,(H,15,17). The van der Waals surface area contributed by atoms with Gasteiger partial charge in [0.2, 0.25) is 0 Å². The van der Waals surface area contributed by atoms with Crippen LogP contribution < -0.4 is 5.32 Å². The van der Waals surface area contributed by atoms with Crippen LogP contribution >= 0.6 is 0 Å². The van der Waals surface area contributed by atoms with Gasteiger partial charge in [-0.15, -0.1) is 0 Å². The largest absolute Gasteiger partial charge is 0.354 e. The van der Waals surface area contributed by atoms with Gasteiger partial charge < -0.3 is 14.8 Å². The fourth-order valence-electron chi connectivity index (χ4n) is 2.88. The van der Waals surface area contributed by atoms with Crippen LogP contribution in [0, 0.1) is 11.8 Å². The van der Waals surface area contributed by atoms with Crippen LogP contribution in [0.3, 0.4) is 0 Å². The van der Waals surface area contributed by atoms with Crippen LogP contribution in [0.4, 0.5) is 0 Å². The maximum absolute atomic E-state index is 4.41. The predicted octanol–water partition coefficient (Wildman–Crippen LogP) is 1.44. The van der Waals surface area contributed by atoms with Gasteiger partial charge in [0.1, 0.15) is 0 Å². The molecule has 1 aromatic rings. The quantitative estimate of drug-likeness (QED) is 0.663. The molecule has 2 rings (SSSR count). The van der Waals surface area contributed by atoms with Crippen LogP contribution in [0.15, 0.2) is 23.7 Å². The molecule has 2 atom stereocenters. The number of piperidine rings is 1. The van der Waals surface area contributed by atoms with Crippen molar-refractivity contribution in [3.05, 3.63) is 18.7 Å². The molecule has 1 saturated heterocycles. The molecule has 0 saturated carbocycles. The second-order valence-corrected chi connectivity index (χ2v) is 5.63. The van der Waals surface area contributed by atoms with Crippen LogP contribution in [-0.4, -0.2) is 47.1 Å². The first-order valence-corrected chi connectivity index (χ1v) is 7.10. The van der Waals surface area contributed by atoms with E-state index in [0.29, 0.717) is 0 Å². The van der Waals surface area contributed by atoms with Gasteiger partial charge in [-0.3, -0.25) is 4.99 Å². The Balaban J connectivity index is 1.82. The predicted molar refractivity (Wildman–Crippen MR) is 78.1 cm³/mol. The summed E-state index contributed by atoms with van der Waals surface area (Å²) in [6.07, 6.45) is 6.95. The van der Waals surface area contributed by atoms with Crippen molar-refractivity contribution in [2.75, 3.05) is 26.7 Å². The fourth-order valence-corrected chi connectivity index (χ4v) is 2.88. The smallest absolute Gasteiger partial charge is 0.193 e. The molecule has 0 amide bonds. The molecule has 0 spiro atoms. The molecule has 1 aliphatic heterocycles. The minimum absolute atomic E-state index is 0.746. The maximum atomic E-state index is 4.41. The Hall–Kier alpha value is -1.52. The van der Waals surface area contributed by atoms with Gasteiger partial charge in [-0.2, -0.15) is 0 Å². The third-order valence-corrected chi connectivity index (χ3v) is 3.59. The molecular formula is C14H25N5. The number of hydrogen-bond donors (Lipinski definition) is 1. The van der Waals surface area contributed by atoms with Crippen molar-refractivity contribution in [1.82, 2.24) is 19.8 Å². The van der Waals surface area contributed by atoms with Gasteiger partial charge in [-0.1, -0.05) is 13.8 Å². The van der Waals surface area contributed by atoms with E-state index in [4.69, 9.17) is 0 Å². The van der Waals surface area contributed by atoms with Gasteiger partial charge in [0.05, 0.1) is 6.33 Å². The number of aromatic nitrogens is 2. The zero-order valence-corrected chi connectivity index (χ0v) is 12.2. The molecule has 106 valence electrons. The van der Waals surface area contributed by atoms with Crippen LogP contribution in [0.5, 0.6) is 0 Å². The van der Waals surface area contributed by atoms with Crippen molar-refractivity contribution in [2.24, 2.45) is 16.8 Å². The van der Waals surface area contributed by atoms with E-state index in [9.17, 15) is 0 Å². The number of hydrogen-bond acceptors (Lipinski definition) is 2. The van der Waals surface area contributed by atoms with E-state index >= 15 is 0 Å². The van der Waals surface area contributed by atoms with Crippen molar-refractivity contribution in [1.29, 1.82) is 0 Å². The minimum Gasteiger partial charge on any atom is -0.354 e. The lowest BCUT2D eigenvalue weighted by Gasteiger charge is -2.37. The van der Waals surface area contributed by atoms with Crippen LogP contribution in [0.2, 0.25) is 0 Å². The summed E-state index contributed by atoms with van der Waals surface area (Å²) in [6.45, 7) is 8.65. The Labute approximate surface area is 115 Å². The Kier molecular flexibility index (Phi) is 4.82. The summed E-state index contributed by atoms with van der Waals surface area (Å²) in [4.78, 5) is 10.8. The van der Waals surface area contributed by atoms with Gasteiger partial charge >= 0.3 is 0 Å². The third-order valence-electron chi connectivity index (χ3n) is 3.59. The monoisotopic (exact) mass is 263 g/mol. The topological polar surface area (TPSA) is 45.5 Å². The second-order valence-electron chi connectivity index (χ2n) is 5.63. The molecule has 5 heteroatoms. The molecule has 19 heavy (non-hydrogen) atoms. The highest BCUT2D eigenvalue weighted by molar-refractivity contribution is 5.79. The lowest BCUT2D eigenvalue weighted by molar-refractivity contribution is 0.208. The van der Waals surface area contributed by atoms with E-state index in [0.717, 1.165) is 44.0 Å². The SMILES string of the molecule is CN=C(NCCn1ccnc1)N1CC(C)CC(C)C1. The summed E-state index contributed by atoms with van der Waals surface area (Å²) in [6, 6.07) is 0. The number of rotatable bonds is 3. The maximum Gasteiger partial charge on any atom is 0.193 e. The number of imidazole rings is 1. The van der Waals surface area contributed by atoms with Gasteiger partial charge in [0.15, 0.2) is 5.96 Å². The number of likely N-dealkylation sites (tertiary alicyclic amines) is 1. The molecular weight excluding hydrogens is 238 g/mol. The van der Waals surface area contributed by atoms with Crippen molar-refractivity contribution < 1.29 is 0 Å². The molecule has 5 nitrogen and oxygen atoms in total. The lowest BCUT2D eigenvalue weighted by atomic mass is 9.92. The Morgan fingerprint density at radius 1 is 1.37 bits per heavy atom. The van der Waals surface area contributed by atoms with E-state index < -0.39 is 0 Å². The van der Waals surface area contributed by atoms with Crippen LogP contribution in [-0.2, 0) is 6.54 Å². The van der Waals surface area contributed by atoms with Gasteiger partial charge in [0.25, 0.3) is 0 Å². The van der Waals surface area contributed by atoms with Crippen LogP contribution in [0.25, 0.3) is 0 Å². The molecule has 1 N–H and O–H groups in total. The fraction of sp³-hybridized carbons (Fsp3) is 0.714. The zero-order chi connectivity index (χ0) is 13.7. The summed E-state index contributed by atoms with van der Waals surface area (Å²) in [5.74, 6) is 2.52. The van der Waals surface area contributed by atoms with E-state index in [1.807, 2.05) is 25.8 Å². The number of nitrogens with zero attached hydrogens (tertiary/aromatic N) is 4. The average molecular weight is 263 g/mol. The normalized spacial score (nSPS) is 24.6. The van der Waals surface area contributed by atoms with Gasteiger partial charge in [-0.25, -0.2) is 4.98 Å². The molecule has 1 aromatic heterocycles. The Bertz CT molecular complexity index is 388. The first-order chi connectivity index (χ1) is 9.19. The lowest BCUT2D eigenvalue weighted by Crippen LogP contribution is -2.49. The number of nitrogens with one attached hydrogen (secondary N) is 1. The van der Waals surface area contributed by atoms with Crippen molar-refractivity contribution in [3.63, 3.8) is 0 Å². The Morgan fingerprint density at radius 3 is 2.68 bits per heavy atom. The van der Waals surface area contributed by atoms with Crippen molar-refractivity contribution >= 4 is 5.96 Å². The first-order valence-electron chi connectivity index (χ1n) is 7.10. The van der Waals surface area contributed by atoms with Crippen molar-refractivity contribution in [3.8, 4) is 0 Å². The molecule has 0 aromatic carbocycles. The summed E-state index contributed by atoms with van der Waals surface area (Å²) < 4.78 is 2.07. The summed E-state index contributed by atoms with van der Waals surface area (Å²) >= 11 is 0. The summed E-state index contributed by atoms with van der Waals surface area (Å²) in [5.41, 5.74) is 0. The van der Waals surface area contributed by atoms with E-state index in [1.165, 1.54) is 6.42 Å². The Morgan fingerprint density at radius 2 is 2.11 bits per heavy atom. The highest BCUT2D eigenvalue weighted by Gasteiger charge is 2.23. The molecule has 2 unspecified atom stereocenters. The van der Waals surface area contributed by atoms with E-state index in [-0.39, 0.29) is 0 Å². The molecule has 0 bridgehead atoms. The number of guanidine groups is 1. The van der Waals surface area contributed by atoms with Gasteiger partial charge in [0, 0.05) is 45.6 Å². The summed E-state index contributed by atoms with van der Waals surface area (Å²) in [7, 11) is 1.86. The van der Waals surface area contributed by atoms with Gasteiger partial charge in [-0.05, 0) is 18.3 Å². The highest BCUT2D eigenvalue weighted by Crippen LogP contribution is 2.20. The second kappa shape index (κ2) is 6.59. The average Bonchev–Trinajstić information content (AvgIpc) is 2.86. The summed E-state index contributed by atoms with van der Waals surface area (Å²) in [5, 5.41) is 3.45. The molecule has 1 aliphatic rings. The zero-order valence-electron chi connectivity index (χ0n) is 12.2. The van der Waals surface area contributed by atoms with E-state index in [2.05, 4.69) is 38.6 Å². The highest BCUT2D eigenvalue weighted by atomic mass is 15.3. The first kappa shape index (κ1) is 13.9. The molecule has 1 fully saturated rings. The molecule has 0 aliphatic carbocycles. The third kappa shape index (κ3) is 3.98. The molecule has 0 radical (unpaired) electrons. The number of aliphatic imine (C=N–C) groups is 1. The molecule has 2 heterocycles. The van der Waals surface area contributed by atoms with Crippen LogP contribution in [0.1, 0.15) is 20.3 Å². The van der Waals surface area contributed by atoms with E-state index in [1.54, 1.807) is 0 Å². The van der Waals surface area contributed by atoms with Crippen molar-refractivity contribution in [2.45, 2.75) is 26.8 Å².